The van der Waals surface area contributed by atoms with E-state index in [2.05, 4.69) is 43.0 Å². The normalized spacial score (nSPS) is 16.0. The molecule has 4 nitrogen and oxygen atoms in total. The van der Waals surface area contributed by atoms with Gasteiger partial charge >= 0.3 is 0 Å². The van der Waals surface area contributed by atoms with Gasteiger partial charge in [0.25, 0.3) is 0 Å². The molecule has 0 spiro atoms. The number of nitrogens with zero attached hydrogens (tertiary/aromatic N) is 2. The van der Waals surface area contributed by atoms with Gasteiger partial charge in [-0.15, -0.1) is 0 Å². The molecule has 1 heterocycles. The lowest BCUT2D eigenvalue weighted by Gasteiger charge is -2.36. The Morgan fingerprint density at radius 3 is 2.21 bits per heavy atom. The van der Waals surface area contributed by atoms with Crippen LogP contribution in [-0.4, -0.2) is 43.5 Å². The standard InChI is InChI=1S/C15H23N3O/c1-12(2)13-3-5-14(6-4-13)17-7-9-18(10-8-17)15(19)11-16/h3-6,12H,7-11,16H2,1-2H3. The van der Waals surface area contributed by atoms with Gasteiger partial charge in [-0.25, -0.2) is 0 Å². The number of nitrogens with two attached hydrogens (primary N) is 1. The topological polar surface area (TPSA) is 49.6 Å². The molecule has 1 aliphatic heterocycles. The van der Waals surface area contributed by atoms with Crippen LogP contribution in [0.5, 0.6) is 0 Å². The van der Waals surface area contributed by atoms with Gasteiger partial charge in [0.1, 0.15) is 0 Å². The Balaban J connectivity index is 1.96. The molecule has 0 aliphatic carbocycles. The summed E-state index contributed by atoms with van der Waals surface area (Å²) in [5, 5.41) is 0. The number of hydrogen-bond donors (Lipinski definition) is 1. The maximum atomic E-state index is 11.5. The Hall–Kier alpha value is -1.55. The van der Waals surface area contributed by atoms with Gasteiger partial charge in [-0.3, -0.25) is 4.79 Å². The maximum Gasteiger partial charge on any atom is 0.236 e. The van der Waals surface area contributed by atoms with Gasteiger partial charge < -0.3 is 15.5 Å². The first kappa shape index (κ1) is 13.9. The number of carbonyl (C=O) groups is 1. The molecule has 2 rings (SSSR count). The lowest BCUT2D eigenvalue weighted by molar-refractivity contribution is -0.129. The molecule has 0 aromatic heterocycles. The molecule has 104 valence electrons. The first-order chi connectivity index (χ1) is 9.11. The summed E-state index contributed by atoms with van der Waals surface area (Å²) in [6.07, 6.45) is 0. The fraction of sp³-hybridized carbons (Fsp3) is 0.533. The molecule has 2 N–H and O–H groups in total. The first-order valence-electron chi connectivity index (χ1n) is 6.94. The summed E-state index contributed by atoms with van der Waals surface area (Å²) in [7, 11) is 0. The molecule has 0 radical (unpaired) electrons. The van der Waals surface area contributed by atoms with E-state index in [0.29, 0.717) is 5.92 Å². The zero-order valence-corrected chi connectivity index (χ0v) is 11.8. The molecule has 19 heavy (non-hydrogen) atoms. The van der Waals surface area contributed by atoms with Crippen LogP contribution in [0, 0.1) is 0 Å². The monoisotopic (exact) mass is 261 g/mol. The number of carbonyl (C=O) groups excluding carboxylic acids is 1. The van der Waals surface area contributed by atoms with E-state index in [-0.39, 0.29) is 12.5 Å². The minimum atomic E-state index is 0.0507. The third-order valence-electron chi connectivity index (χ3n) is 3.73. The number of anilines is 1. The highest BCUT2D eigenvalue weighted by molar-refractivity contribution is 5.78. The highest BCUT2D eigenvalue weighted by Crippen LogP contribution is 2.21. The molecule has 0 bridgehead atoms. The number of benzene rings is 1. The number of hydrogen-bond acceptors (Lipinski definition) is 3. The smallest absolute Gasteiger partial charge is 0.236 e. The van der Waals surface area contributed by atoms with Crippen molar-refractivity contribution in [3.05, 3.63) is 29.8 Å². The fourth-order valence-corrected chi connectivity index (χ4v) is 2.41. The van der Waals surface area contributed by atoms with Gasteiger partial charge in [-0.1, -0.05) is 26.0 Å². The molecule has 1 aromatic rings. The van der Waals surface area contributed by atoms with Crippen molar-refractivity contribution in [3.63, 3.8) is 0 Å². The van der Waals surface area contributed by atoms with Crippen molar-refractivity contribution in [2.45, 2.75) is 19.8 Å². The second kappa shape index (κ2) is 6.06. The zero-order valence-electron chi connectivity index (χ0n) is 11.8. The van der Waals surface area contributed by atoms with Gasteiger partial charge in [0.05, 0.1) is 6.54 Å². The molecular formula is C15H23N3O. The molecule has 4 heteroatoms. The van der Waals surface area contributed by atoms with E-state index in [0.717, 1.165) is 26.2 Å². The molecule has 0 atom stereocenters. The third kappa shape index (κ3) is 3.26. The summed E-state index contributed by atoms with van der Waals surface area (Å²) in [4.78, 5) is 15.7. The summed E-state index contributed by atoms with van der Waals surface area (Å²) < 4.78 is 0. The largest absolute Gasteiger partial charge is 0.368 e. The zero-order chi connectivity index (χ0) is 13.8. The van der Waals surface area contributed by atoms with Crippen molar-refractivity contribution in [3.8, 4) is 0 Å². The average Bonchev–Trinajstić information content (AvgIpc) is 2.46. The van der Waals surface area contributed by atoms with Crippen LogP contribution in [0.4, 0.5) is 5.69 Å². The van der Waals surface area contributed by atoms with Crippen LogP contribution in [0.25, 0.3) is 0 Å². The van der Waals surface area contributed by atoms with Crippen molar-refractivity contribution >= 4 is 11.6 Å². The minimum absolute atomic E-state index is 0.0507. The average molecular weight is 261 g/mol. The second-order valence-corrected chi connectivity index (χ2v) is 5.32. The van der Waals surface area contributed by atoms with Crippen molar-refractivity contribution in [2.75, 3.05) is 37.6 Å². The highest BCUT2D eigenvalue weighted by Gasteiger charge is 2.20. The van der Waals surface area contributed by atoms with Crippen molar-refractivity contribution < 1.29 is 4.79 Å². The van der Waals surface area contributed by atoms with Gasteiger partial charge in [-0.05, 0) is 23.6 Å². The molecule has 1 aromatic carbocycles. The molecule has 1 fully saturated rings. The van der Waals surface area contributed by atoms with E-state index in [1.165, 1.54) is 11.3 Å². The Bertz CT molecular complexity index is 420. The molecule has 0 unspecified atom stereocenters. The van der Waals surface area contributed by atoms with Crippen molar-refractivity contribution in [1.82, 2.24) is 4.90 Å². The molecular weight excluding hydrogens is 238 g/mol. The van der Waals surface area contributed by atoms with E-state index < -0.39 is 0 Å². The lowest BCUT2D eigenvalue weighted by atomic mass is 10.0. The van der Waals surface area contributed by atoms with Crippen LogP contribution in [-0.2, 0) is 4.79 Å². The highest BCUT2D eigenvalue weighted by atomic mass is 16.2. The third-order valence-corrected chi connectivity index (χ3v) is 3.73. The van der Waals surface area contributed by atoms with Gasteiger partial charge in [0, 0.05) is 31.9 Å². The summed E-state index contributed by atoms with van der Waals surface area (Å²) in [6, 6.07) is 8.74. The van der Waals surface area contributed by atoms with Crippen LogP contribution >= 0.6 is 0 Å². The van der Waals surface area contributed by atoms with E-state index in [9.17, 15) is 4.79 Å². The second-order valence-electron chi connectivity index (χ2n) is 5.32. The van der Waals surface area contributed by atoms with Crippen LogP contribution in [0.1, 0.15) is 25.3 Å². The van der Waals surface area contributed by atoms with Gasteiger partial charge in [0.2, 0.25) is 5.91 Å². The summed E-state index contributed by atoms with van der Waals surface area (Å²) in [6.45, 7) is 7.81. The number of amides is 1. The molecule has 1 aliphatic rings. The maximum absolute atomic E-state index is 11.5. The number of piperazine rings is 1. The minimum Gasteiger partial charge on any atom is -0.368 e. The summed E-state index contributed by atoms with van der Waals surface area (Å²) >= 11 is 0. The quantitative estimate of drug-likeness (QED) is 0.895. The van der Waals surface area contributed by atoms with Crippen molar-refractivity contribution in [2.24, 2.45) is 5.73 Å². The summed E-state index contributed by atoms with van der Waals surface area (Å²) in [5.74, 6) is 0.614. The van der Waals surface area contributed by atoms with E-state index in [1.807, 2.05) is 4.90 Å². The molecule has 1 saturated heterocycles. The van der Waals surface area contributed by atoms with E-state index >= 15 is 0 Å². The van der Waals surface area contributed by atoms with Gasteiger partial charge in [0.15, 0.2) is 0 Å². The van der Waals surface area contributed by atoms with Crippen LogP contribution in [0.15, 0.2) is 24.3 Å². The SMILES string of the molecule is CC(C)c1ccc(N2CCN(C(=O)CN)CC2)cc1. The molecule has 1 amide bonds. The van der Waals surface area contributed by atoms with E-state index in [1.54, 1.807) is 0 Å². The Kier molecular flexibility index (Phi) is 4.43. The van der Waals surface area contributed by atoms with E-state index in [4.69, 9.17) is 5.73 Å². The number of rotatable bonds is 3. The predicted molar refractivity (Wildman–Crippen MR) is 78.4 cm³/mol. The van der Waals surface area contributed by atoms with Gasteiger partial charge in [-0.2, -0.15) is 0 Å². The Morgan fingerprint density at radius 1 is 1.16 bits per heavy atom. The summed E-state index contributed by atoms with van der Waals surface area (Å²) in [5.41, 5.74) is 7.99. The fourth-order valence-electron chi connectivity index (χ4n) is 2.41. The predicted octanol–water partition coefficient (Wildman–Crippen LogP) is 1.42. The first-order valence-corrected chi connectivity index (χ1v) is 6.94. The Labute approximate surface area is 115 Å². The van der Waals surface area contributed by atoms with Crippen LogP contribution in [0.2, 0.25) is 0 Å². The lowest BCUT2D eigenvalue weighted by Crippen LogP contribution is -2.50. The van der Waals surface area contributed by atoms with Crippen molar-refractivity contribution in [1.29, 1.82) is 0 Å². The molecule has 0 saturated carbocycles. The Morgan fingerprint density at radius 2 is 1.74 bits per heavy atom. The van der Waals surface area contributed by atoms with Crippen LogP contribution in [0.3, 0.4) is 0 Å². The van der Waals surface area contributed by atoms with Crippen LogP contribution < -0.4 is 10.6 Å².